The van der Waals surface area contributed by atoms with E-state index in [2.05, 4.69) is 16.0 Å². The van der Waals surface area contributed by atoms with E-state index < -0.39 is 0 Å². The van der Waals surface area contributed by atoms with Gasteiger partial charge in [-0.1, -0.05) is 6.07 Å². The molecule has 0 bridgehead atoms. The summed E-state index contributed by atoms with van der Waals surface area (Å²) in [7, 11) is 1.60. The minimum absolute atomic E-state index is 0.0348. The molecule has 1 aliphatic heterocycles. The van der Waals surface area contributed by atoms with E-state index in [0.29, 0.717) is 29.3 Å². The van der Waals surface area contributed by atoms with Gasteiger partial charge in [-0.25, -0.2) is 0 Å². The van der Waals surface area contributed by atoms with Crippen LogP contribution in [-0.2, 0) is 4.79 Å². The van der Waals surface area contributed by atoms with Crippen LogP contribution in [0.3, 0.4) is 0 Å². The number of hydrogen-bond acceptors (Lipinski definition) is 6. The number of thioether (sulfide) groups is 1. The van der Waals surface area contributed by atoms with Crippen molar-refractivity contribution in [2.75, 3.05) is 44.9 Å². The van der Waals surface area contributed by atoms with Crippen LogP contribution in [0, 0.1) is 5.92 Å². The van der Waals surface area contributed by atoms with Crippen molar-refractivity contribution < 1.29 is 14.3 Å². The molecule has 0 spiro atoms. The Morgan fingerprint density at radius 3 is 2.53 bits per heavy atom. The highest BCUT2D eigenvalue weighted by atomic mass is 32.2. The number of nitrogens with one attached hydrogen (secondary N) is 3. The molecule has 3 N–H and O–H groups in total. The lowest BCUT2D eigenvalue weighted by Crippen LogP contribution is -2.38. The van der Waals surface area contributed by atoms with E-state index in [9.17, 15) is 9.59 Å². The molecule has 6 nitrogen and oxygen atoms in total. The van der Waals surface area contributed by atoms with Crippen molar-refractivity contribution in [1.82, 2.24) is 10.6 Å². The van der Waals surface area contributed by atoms with Gasteiger partial charge < -0.3 is 20.7 Å². The first kappa shape index (κ1) is 22.2. The smallest absolute Gasteiger partial charge is 0.239 e. The Labute approximate surface area is 182 Å². The summed E-state index contributed by atoms with van der Waals surface area (Å²) in [5.41, 5.74) is 2.01. The van der Waals surface area contributed by atoms with E-state index >= 15 is 0 Å². The third kappa shape index (κ3) is 5.77. The number of methoxy groups -OCH3 is 1. The number of amides is 1. The van der Waals surface area contributed by atoms with Gasteiger partial charge in [0.1, 0.15) is 5.75 Å². The summed E-state index contributed by atoms with van der Waals surface area (Å²) in [6, 6.07) is 12.6. The van der Waals surface area contributed by atoms with Crippen molar-refractivity contribution in [3.63, 3.8) is 0 Å². The summed E-state index contributed by atoms with van der Waals surface area (Å²) < 4.78 is 5.17. The summed E-state index contributed by atoms with van der Waals surface area (Å²) in [5, 5.41) is 9.55. The zero-order valence-corrected chi connectivity index (χ0v) is 18.3. The molecule has 1 heterocycles. The fourth-order valence-electron chi connectivity index (χ4n) is 3.55. The second-order valence-electron chi connectivity index (χ2n) is 7.30. The van der Waals surface area contributed by atoms with E-state index in [1.165, 1.54) is 11.8 Å². The molecule has 0 aromatic heterocycles. The lowest BCUT2D eigenvalue weighted by molar-refractivity contribution is -0.119. The molecule has 0 unspecified atom stereocenters. The summed E-state index contributed by atoms with van der Waals surface area (Å²) in [6.45, 7) is 2.93. The normalized spacial score (nSPS) is 14.2. The number of ketones is 1. The van der Waals surface area contributed by atoms with Gasteiger partial charge >= 0.3 is 0 Å². The number of hydrogen-bond donors (Lipinski definition) is 3. The molecule has 2 aromatic carbocycles. The lowest BCUT2D eigenvalue weighted by Gasteiger charge is -2.22. The second kappa shape index (κ2) is 11.0. The summed E-state index contributed by atoms with van der Waals surface area (Å²) >= 11 is 1.49. The Bertz CT molecular complexity index is 864. The fraction of sp³-hybridized carbons (Fsp3) is 0.391. The quantitative estimate of drug-likeness (QED) is 0.421. The van der Waals surface area contributed by atoms with Crippen LogP contribution in [0.25, 0.3) is 0 Å². The van der Waals surface area contributed by atoms with E-state index in [1.54, 1.807) is 31.4 Å². The third-order valence-corrected chi connectivity index (χ3v) is 6.15. The van der Waals surface area contributed by atoms with Crippen LogP contribution in [0.2, 0.25) is 0 Å². The molecule has 1 fully saturated rings. The van der Waals surface area contributed by atoms with Gasteiger partial charge in [-0.05, 0) is 74.5 Å². The van der Waals surface area contributed by atoms with Crippen LogP contribution in [0.5, 0.6) is 5.75 Å². The van der Waals surface area contributed by atoms with E-state index in [1.807, 2.05) is 24.5 Å². The topological polar surface area (TPSA) is 79.5 Å². The van der Waals surface area contributed by atoms with Gasteiger partial charge in [0.05, 0.1) is 13.7 Å². The van der Waals surface area contributed by atoms with Gasteiger partial charge in [-0.15, -0.1) is 11.8 Å². The molecule has 1 amide bonds. The van der Waals surface area contributed by atoms with Gasteiger partial charge in [0, 0.05) is 28.3 Å². The SMILES string of the molecule is COc1ccc(C(=O)c2cccc(NCC(=O)NCC3CCNCC3)c2SC)cc1. The maximum Gasteiger partial charge on any atom is 0.239 e. The van der Waals surface area contributed by atoms with Crippen LogP contribution >= 0.6 is 11.8 Å². The molecule has 0 saturated carbocycles. The van der Waals surface area contributed by atoms with Gasteiger partial charge in [0.15, 0.2) is 5.78 Å². The van der Waals surface area contributed by atoms with Crippen LogP contribution in [0.4, 0.5) is 5.69 Å². The average Bonchev–Trinajstić information content (AvgIpc) is 2.81. The predicted molar refractivity (Wildman–Crippen MR) is 122 cm³/mol. The predicted octanol–water partition coefficient (Wildman–Crippen LogP) is 3.18. The van der Waals surface area contributed by atoms with Crippen LogP contribution in [0.1, 0.15) is 28.8 Å². The Kier molecular flexibility index (Phi) is 8.16. The van der Waals surface area contributed by atoms with Crippen molar-refractivity contribution in [1.29, 1.82) is 0 Å². The summed E-state index contributed by atoms with van der Waals surface area (Å²) in [6.07, 6.45) is 4.13. The molecule has 1 aliphatic rings. The lowest BCUT2D eigenvalue weighted by atomic mass is 9.98. The minimum atomic E-state index is -0.0546. The van der Waals surface area contributed by atoms with E-state index in [-0.39, 0.29) is 18.2 Å². The zero-order valence-electron chi connectivity index (χ0n) is 17.5. The molecule has 7 heteroatoms. The van der Waals surface area contributed by atoms with Gasteiger partial charge in [0.25, 0.3) is 0 Å². The Balaban J connectivity index is 1.63. The maximum atomic E-state index is 13.0. The number of benzene rings is 2. The fourth-order valence-corrected chi connectivity index (χ4v) is 4.30. The molecule has 160 valence electrons. The highest BCUT2D eigenvalue weighted by molar-refractivity contribution is 7.98. The summed E-state index contributed by atoms with van der Waals surface area (Å²) in [4.78, 5) is 26.1. The largest absolute Gasteiger partial charge is 0.497 e. The van der Waals surface area contributed by atoms with Crippen molar-refractivity contribution >= 4 is 29.1 Å². The first-order valence-electron chi connectivity index (χ1n) is 10.2. The van der Waals surface area contributed by atoms with Crippen molar-refractivity contribution in [3.05, 3.63) is 53.6 Å². The molecule has 30 heavy (non-hydrogen) atoms. The number of carbonyl (C=O) groups is 2. The zero-order chi connectivity index (χ0) is 21.3. The Hall–Kier alpha value is -2.51. The van der Waals surface area contributed by atoms with Crippen LogP contribution in [0.15, 0.2) is 47.4 Å². The monoisotopic (exact) mass is 427 g/mol. The minimum Gasteiger partial charge on any atom is -0.497 e. The van der Waals surface area contributed by atoms with Crippen LogP contribution < -0.4 is 20.7 Å². The molecule has 0 atom stereocenters. The molecular weight excluding hydrogens is 398 g/mol. The van der Waals surface area contributed by atoms with E-state index in [0.717, 1.165) is 36.5 Å². The highest BCUT2D eigenvalue weighted by Gasteiger charge is 2.17. The third-order valence-electron chi connectivity index (χ3n) is 5.30. The highest BCUT2D eigenvalue weighted by Crippen LogP contribution is 2.31. The average molecular weight is 428 g/mol. The molecule has 2 aromatic rings. The van der Waals surface area contributed by atoms with E-state index in [4.69, 9.17) is 4.74 Å². The second-order valence-corrected chi connectivity index (χ2v) is 8.11. The van der Waals surface area contributed by atoms with Crippen molar-refractivity contribution in [2.45, 2.75) is 17.7 Å². The molecule has 1 saturated heterocycles. The first-order chi connectivity index (χ1) is 14.6. The molecular formula is C23H29N3O3S. The standard InChI is InChI=1S/C23H29N3O3S/c1-29-18-8-6-17(7-9-18)22(28)19-4-3-5-20(23(19)30-2)25-15-21(27)26-14-16-10-12-24-13-11-16/h3-9,16,24-25H,10-15H2,1-2H3,(H,26,27). The van der Waals surface area contributed by atoms with Crippen molar-refractivity contribution in [2.24, 2.45) is 5.92 Å². The molecule has 0 radical (unpaired) electrons. The van der Waals surface area contributed by atoms with Crippen LogP contribution in [-0.4, -0.2) is 51.2 Å². The van der Waals surface area contributed by atoms with Crippen molar-refractivity contribution in [3.8, 4) is 5.75 Å². The number of anilines is 1. The first-order valence-corrected chi connectivity index (χ1v) is 11.4. The van der Waals surface area contributed by atoms with Gasteiger partial charge in [-0.3, -0.25) is 9.59 Å². The number of ether oxygens (including phenoxy) is 1. The van der Waals surface area contributed by atoms with Gasteiger partial charge in [-0.2, -0.15) is 0 Å². The van der Waals surface area contributed by atoms with Gasteiger partial charge in [0.2, 0.25) is 5.91 Å². The molecule has 0 aliphatic carbocycles. The molecule has 3 rings (SSSR count). The number of rotatable bonds is 9. The summed E-state index contributed by atoms with van der Waals surface area (Å²) in [5.74, 6) is 1.17. The number of piperidine rings is 1. The Morgan fingerprint density at radius 2 is 1.87 bits per heavy atom. The maximum absolute atomic E-state index is 13.0. The number of carbonyl (C=O) groups excluding carboxylic acids is 2. The Morgan fingerprint density at radius 1 is 1.13 bits per heavy atom.